The van der Waals surface area contributed by atoms with E-state index in [-0.39, 0.29) is 5.91 Å². The van der Waals surface area contributed by atoms with E-state index in [0.717, 1.165) is 24.0 Å². The Morgan fingerprint density at radius 1 is 1.33 bits per heavy atom. The standard InChI is InChI=1S/C23H29ClN4O2/c1-5-10-23(4,25)14-26-22(29)20-16(3)27-21-19(11-15(2)12-28(20)21)30-13-17-8-6-7-9-18(17)24/h6-9,11-12H,5,10,13-14,25H2,1-4H3,(H,26,29). The summed E-state index contributed by atoms with van der Waals surface area (Å²) in [4.78, 5) is 17.6. The minimum absolute atomic E-state index is 0.199. The van der Waals surface area contributed by atoms with Gasteiger partial charge >= 0.3 is 0 Å². The van der Waals surface area contributed by atoms with E-state index >= 15 is 0 Å². The second kappa shape index (κ2) is 9.06. The molecule has 1 unspecified atom stereocenters. The van der Waals surface area contributed by atoms with Gasteiger partial charge in [0.25, 0.3) is 5.91 Å². The minimum Gasteiger partial charge on any atom is -0.485 e. The maximum absolute atomic E-state index is 13.0. The third-order valence-electron chi connectivity index (χ3n) is 5.03. The minimum atomic E-state index is -0.446. The molecule has 1 amide bonds. The molecule has 2 heterocycles. The van der Waals surface area contributed by atoms with Gasteiger partial charge in [0.2, 0.25) is 0 Å². The molecule has 0 spiro atoms. The van der Waals surface area contributed by atoms with Gasteiger partial charge < -0.3 is 15.8 Å². The first-order valence-electron chi connectivity index (χ1n) is 10.1. The molecule has 3 N–H and O–H groups in total. The summed E-state index contributed by atoms with van der Waals surface area (Å²) >= 11 is 6.24. The number of nitrogens with two attached hydrogens (primary N) is 1. The van der Waals surface area contributed by atoms with Crippen molar-refractivity contribution in [2.24, 2.45) is 5.73 Å². The van der Waals surface area contributed by atoms with Crippen LogP contribution in [0.3, 0.4) is 0 Å². The predicted molar refractivity (Wildman–Crippen MR) is 120 cm³/mol. The number of carbonyl (C=O) groups is 1. The third-order valence-corrected chi connectivity index (χ3v) is 5.40. The number of aromatic nitrogens is 2. The summed E-state index contributed by atoms with van der Waals surface area (Å²) in [5.41, 5.74) is 9.38. The Labute approximate surface area is 182 Å². The van der Waals surface area contributed by atoms with E-state index in [1.165, 1.54) is 0 Å². The average molecular weight is 429 g/mol. The Kier molecular flexibility index (Phi) is 6.68. The Morgan fingerprint density at radius 2 is 2.07 bits per heavy atom. The first-order chi connectivity index (χ1) is 14.2. The maximum Gasteiger partial charge on any atom is 0.270 e. The lowest BCUT2D eigenvalue weighted by molar-refractivity contribution is 0.0937. The summed E-state index contributed by atoms with van der Waals surface area (Å²) in [5.74, 6) is 0.405. The number of ether oxygens (including phenoxy) is 1. The molecule has 3 rings (SSSR count). The Hall–Kier alpha value is -2.57. The monoisotopic (exact) mass is 428 g/mol. The van der Waals surface area contributed by atoms with E-state index in [4.69, 9.17) is 22.1 Å². The van der Waals surface area contributed by atoms with Crippen LogP contribution >= 0.6 is 11.6 Å². The van der Waals surface area contributed by atoms with Crippen molar-refractivity contribution in [1.29, 1.82) is 0 Å². The number of rotatable bonds is 8. The van der Waals surface area contributed by atoms with Gasteiger partial charge in [0, 0.05) is 28.9 Å². The molecule has 0 bridgehead atoms. The molecule has 0 aliphatic heterocycles. The molecule has 0 aliphatic rings. The number of nitrogens with zero attached hydrogens (tertiary/aromatic N) is 2. The van der Waals surface area contributed by atoms with Gasteiger partial charge in [-0.25, -0.2) is 4.98 Å². The molecule has 0 radical (unpaired) electrons. The van der Waals surface area contributed by atoms with Gasteiger partial charge in [-0.05, 0) is 44.9 Å². The second-order valence-electron chi connectivity index (χ2n) is 8.09. The molecule has 0 fully saturated rings. The lowest BCUT2D eigenvalue weighted by atomic mass is 9.98. The Bertz CT molecular complexity index is 1060. The van der Waals surface area contributed by atoms with Crippen LogP contribution in [0.2, 0.25) is 5.02 Å². The lowest BCUT2D eigenvalue weighted by Gasteiger charge is -2.24. The highest BCUT2D eigenvalue weighted by molar-refractivity contribution is 6.31. The molecule has 3 aromatic rings. The van der Waals surface area contributed by atoms with Gasteiger partial charge in [-0.1, -0.05) is 43.1 Å². The van der Waals surface area contributed by atoms with Crippen LogP contribution in [0.25, 0.3) is 5.65 Å². The van der Waals surface area contributed by atoms with Crippen molar-refractivity contribution >= 4 is 23.2 Å². The number of hydrogen-bond donors (Lipinski definition) is 2. The molecule has 30 heavy (non-hydrogen) atoms. The van der Waals surface area contributed by atoms with Crippen molar-refractivity contribution in [3.8, 4) is 5.75 Å². The number of carbonyl (C=O) groups excluding carboxylic acids is 1. The predicted octanol–water partition coefficient (Wildman–Crippen LogP) is 4.43. The zero-order valence-corrected chi connectivity index (χ0v) is 18.7. The van der Waals surface area contributed by atoms with E-state index in [1.807, 2.05) is 57.3 Å². The summed E-state index contributed by atoms with van der Waals surface area (Å²) in [7, 11) is 0. The number of benzene rings is 1. The molecule has 7 heteroatoms. The van der Waals surface area contributed by atoms with Crippen LogP contribution in [0.5, 0.6) is 5.75 Å². The van der Waals surface area contributed by atoms with Gasteiger partial charge in [0.1, 0.15) is 12.3 Å². The van der Waals surface area contributed by atoms with Crippen LogP contribution in [-0.2, 0) is 6.61 Å². The topological polar surface area (TPSA) is 81.6 Å². The van der Waals surface area contributed by atoms with Crippen LogP contribution in [0.15, 0.2) is 36.5 Å². The molecular weight excluding hydrogens is 400 g/mol. The van der Waals surface area contributed by atoms with Crippen molar-refractivity contribution < 1.29 is 9.53 Å². The zero-order chi connectivity index (χ0) is 21.9. The summed E-state index contributed by atoms with van der Waals surface area (Å²) in [5, 5.41) is 3.61. The van der Waals surface area contributed by atoms with Gasteiger partial charge in [0.15, 0.2) is 11.4 Å². The molecular formula is C23H29ClN4O2. The highest BCUT2D eigenvalue weighted by atomic mass is 35.5. The van der Waals surface area contributed by atoms with E-state index in [9.17, 15) is 4.79 Å². The lowest BCUT2D eigenvalue weighted by Crippen LogP contribution is -2.47. The van der Waals surface area contributed by atoms with Crippen molar-refractivity contribution in [3.63, 3.8) is 0 Å². The summed E-state index contributed by atoms with van der Waals surface area (Å²) in [6.45, 7) is 8.51. The molecule has 160 valence electrons. The average Bonchev–Trinajstić information content (AvgIpc) is 3.01. The number of amides is 1. The van der Waals surface area contributed by atoms with E-state index < -0.39 is 5.54 Å². The molecule has 1 atom stereocenters. The number of fused-ring (bicyclic) bond motifs is 1. The molecule has 0 saturated heterocycles. The van der Waals surface area contributed by atoms with Crippen LogP contribution in [-0.4, -0.2) is 27.4 Å². The quantitative estimate of drug-likeness (QED) is 0.556. The highest BCUT2D eigenvalue weighted by Gasteiger charge is 2.23. The van der Waals surface area contributed by atoms with Crippen LogP contribution in [0, 0.1) is 13.8 Å². The largest absolute Gasteiger partial charge is 0.485 e. The first-order valence-corrected chi connectivity index (χ1v) is 10.5. The fourth-order valence-corrected chi connectivity index (χ4v) is 3.72. The van der Waals surface area contributed by atoms with E-state index in [0.29, 0.717) is 41.0 Å². The van der Waals surface area contributed by atoms with Crippen LogP contribution in [0.4, 0.5) is 0 Å². The van der Waals surface area contributed by atoms with Gasteiger partial charge in [-0.3, -0.25) is 9.20 Å². The normalized spacial score (nSPS) is 13.3. The fraction of sp³-hybridized carbons (Fsp3) is 0.391. The number of hydrogen-bond acceptors (Lipinski definition) is 4. The SMILES string of the molecule is CCCC(C)(N)CNC(=O)c1c(C)nc2c(OCc3ccccc3Cl)cc(C)cn12. The first kappa shape index (κ1) is 22.1. The summed E-state index contributed by atoms with van der Waals surface area (Å²) < 4.78 is 7.83. The number of pyridine rings is 1. The van der Waals surface area contributed by atoms with Crippen LogP contribution < -0.4 is 15.8 Å². The van der Waals surface area contributed by atoms with Crippen molar-refractivity contribution in [1.82, 2.24) is 14.7 Å². The number of nitrogens with one attached hydrogen (secondary N) is 1. The highest BCUT2D eigenvalue weighted by Crippen LogP contribution is 2.26. The number of imidazole rings is 1. The van der Waals surface area contributed by atoms with E-state index in [1.54, 1.807) is 4.40 Å². The van der Waals surface area contributed by atoms with E-state index in [2.05, 4.69) is 17.2 Å². The van der Waals surface area contributed by atoms with Crippen LogP contribution in [0.1, 0.15) is 54.0 Å². The van der Waals surface area contributed by atoms with Crippen molar-refractivity contribution in [2.45, 2.75) is 52.7 Å². The zero-order valence-electron chi connectivity index (χ0n) is 18.0. The molecule has 6 nitrogen and oxygen atoms in total. The number of aryl methyl sites for hydroxylation is 2. The smallest absolute Gasteiger partial charge is 0.270 e. The molecule has 1 aromatic carbocycles. The molecule has 2 aromatic heterocycles. The Morgan fingerprint density at radius 3 is 2.77 bits per heavy atom. The second-order valence-corrected chi connectivity index (χ2v) is 8.50. The fourth-order valence-electron chi connectivity index (χ4n) is 3.53. The summed E-state index contributed by atoms with van der Waals surface area (Å²) in [6, 6.07) is 9.47. The third kappa shape index (κ3) is 4.94. The van der Waals surface area contributed by atoms with Gasteiger partial charge in [-0.2, -0.15) is 0 Å². The van der Waals surface area contributed by atoms with Gasteiger partial charge in [-0.15, -0.1) is 0 Å². The van der Waals surface area contributed by atoms with Crippen molar-refractivity contribution in [2.75, 3.05) is 6.54 Å². The van der Waals surface area contributed by atoms with Gasteiger partial charge in [0.05, 0.1) is 5.69 Å². The molecule has 0 saturated carbocycles. The Balaban J connectivity index is 1.88. The maximum atomic E-state index is 13.0. The molecule has 0 aliphatic carbocycles. The summed E-state index contributed by atoms with van der Waals surface area (Å²) in [6.07, 6.45) is 3.68. The van der Waals surface area contributed by atoms with Crippen molar-refractivity contribution in [3.05, 3.63) is 64.1 Å². The number of halogens is 1.